The average molecular weight is 199 g/mol. The van der Waals surface area contributed by atoms with E-state index in [0.717, 1.165) is 5.57 Å². The maximum absolute atomic E-state index is 11.4. The van der Waals surface area contributed by atoms with Crippen molar-refractivity contribution < 1.29 is 14.7 Å². The Labute approximate surface area is 84.2 Å². The maximum atomic E-state index is 11.4. The lowest BCUT2D eigenvalue weighted by Crippen LogP contribution is -2.41. The van der Waals surface area contributed by atoms with Crippen LogP contribution >= 0.6 is 0 Å². The normalized spacial score (nSPS) is 11.7. The molecule has 4 nitrogen and oxygen atoms in total. The van der Waals surface area contributed by atoms with Gasteiger partial charge in [0.15, 0.2) is 0 Å². The number of carbonyl (C=O) groups excluding carboxylic acids is 1. The number of hydrogen-bond acceptors (Lipinski definition) is 2. The lowest BCUT2D eigenvalue weighted by atomic mass is 10.2. The molecule has 14 heavy (non-hydrogen) atoms. The van der Waals surface area contributed by atoms with E-state index in [9.17, 15) is 9.59 Å². The van der Waals surface area contributed by atoms with E-state index < -0.39 is 12.0 Å². The molecule has 0 aliphatic heterocycles. The number of allylic oxidation sites excluding steroid dienone is 1. The minimum atomic E-state index is -0.967. The van der Waals surface area contributed by atoms with Crippen molar-refractivity contribution in [1.82, 2.24) is 4.90 Å². The van der Waals surface area contributed by atoms with Crippen molar-refractivity contribution in [2.45, 2.75) is 33.2 Å². The molecular weight excluding hydrogens is 182 g/mol. The quantitative estimate of drug-likeness (QED) is 0.694. The molecule has 0 aliphatic rings. The molecule has 0 spiro atoms. The lowest BCUT2D eigenvalue weighted by molar-refractivity contribution is -0.147. The largest absolute Gasteiger partial charge is 0.480 e. The van der Waals surface area contributed by atoms with Gasteiger partial charge in [-0.05, 0) is 20.3 Å². The molecule has 0 rings (SSSR count). The highest BCUT2D eigenvalue weighted by Gasteiger charge is 2.23. The summed E-state index contributed by atoms with van der Waals surface area (Å²) in [4.78, 5) is 23.4. The average Bonchev–Trinajstić information content (AvgIpc) is 2.03. The number of nitrogens with zero attached hydrogens (tertiary/aromatic N) is 1. The van der Waals surface area contributed by atoms with Crippen LogP contribution in [0.4, 0.5) is 0 Å². The summed E-state index contributed by atoms with van der Waals surface area (Å²) in [6, 6.07) is -0.738. The van der Waals surface area contributed by atoms with Crippen LogP contribution in [0.2, 0.25) is 0 Å². The van der Waals surface area contributed by atoms with E-state index in [2.05, 4.69) is 0 Å². The zero-order valence-corrected chi connectivity index (χ0v) is 9.07. The summed E-state index contributed by atoms with van der Waals surface area (Å²) in [6.45, 7) is 5.34. The molecule has 0 aliphatic carbocycles. The fourth-order valence-electron chi connectivity index (χ4n) is 1.12. The zero-order valence-electron chi connectivity index (χ0n) is 9.07. The summed E-state index contributed by atoms with van der Waals surface area (Å²) in [5.41, 5.74) is 0.863. The number of aliphatic carboxylic acids is 1. The van der Waals surface area contributed by atoms with Gasteiger partial charge in [-0.3, -0.25) is 4.79 Å². The smallest absolute Gasteiger partial charge is 0.326 e. The molecule has 0 fully saturated rings. The van der Waals surface area contributed by atoms with Gasteiger partial charge in [0.2, 0.25) is 5.91 Å². The van der Waals surface area contributed by atoms with Gasteiger partial charge < -0.3 is 10.0 Å². The second-order valence-electron chi connectivity index (χ2n) is 3.43. The molecule has 0 radical (unpaired) electrons. The Kier molecular flexibility index (Phi) is 4.91. The van der Waals surface area contributed by atoms with Crippen LogP contribution in [-0.4, -0.2) is 35.0 Å². The Bertz CT molecular complexity index is 254. The van der Waals surface area contributed by atoms with Crippen LogP contribution in [0.3, 0.4) is 0 Å². The zero-order chi connectivity index (χ0) is 11.3. The minimum absolute atomic E-state index is 0.265. The van der Waals surface area contributed by atoms with Gasteiger partial charge in [0.1, 0.15) is 6.04 Å². The van der Waals surface area contributed by atoms with Gasteiger partial charge >= 0.3 is 5.97 Å². The summed E-state index contributed by atoms with van der Waals surface area (Å²) in [6.07, 6.45) is 1.85. The molecule has 0 heterocycles. The molecule has 0 aromatic rings. The Morgan fingerprint density at radius 3 is 2.21 bits per heavy atom. The molecule has 1 unspecified atom stereocenters. The van der Waals surface area contributed by atoms with E-state index >= 15 is 0 Å². The molecule has 0 aromatic carbocycles. The molecule has 1 N–H and O–H groups in total. The summed E-state index contributed by atoms with van der Waals surface area (Å²) in [5.74, 6) is -1.23. The predicted octanol–water partition coefficient (Wildman–Crippen LogP) is 1.27. The number of carbonyl (C=O) groups is 2. The van der Waals surface area contributed by atoms with Crippen LogP contribution in [-0.2, 0) is 9.59 Å². The fraction of sp³-hybridized carbons (Fsp3) is 0.600. The second-order valence-corrected chi connectivity index (χ2v) is 3.43. The van der Waals surface area contributed by atoms with E-state index in [1.165, 1.54) is 18.0 Å². The predicted molar refractivity (Wildman–Crippen MR) is 53.9 cm³/mol. The number of rotatable bonds is 4. The summed E-state index contributed by atoms with van der Waals surface area (Å²) in [7, 11) is 1.50. The molecular formula is C10H17NO3. The minimum Gasteiger partial charge on any atom is -0.480 e. The summed E-state index contributed by atoms with van der Waals surface area (Å²) >= 11 is 0. The first-order valence-corrected chi connectivity index (χ1v) is 4.54. The molecule has 80 valence electrons. The van der Waals surface area contributed by atoms with Crippen LogP contribution in [0.15, 0.2) is 11.6 Å². The van der Waals surface area contributed by atoms with Crippen molar-refractivity contribution in [3.05, 3.63) is 11.6 Å². The highest BCUT2D eigenvalue weighted by molar-refractivity contribution is 5.91. The lowest BCUT2D eigenvalue weighted by Gasteiger charge is -2.22. The third kappa shape index (κ3) is 3.60. The van der Waals surface area contributed by atoms with E-state index in [0.29, 0.717) is 6.42 Å². The molecule has 0 bridgehead atoms. The number of likely N-dealkylation sites (N-methyl/N-ethyl adjacent to an activating group) is 1. The Morgan fingerprint density at radius 1 is 1.43 bits per heavy atom. The van der Waals surface area contributed by atoms with Crippen LogP contribution < -0.4 is 0 Å². The molecule has 1 amide bonds. The second kappa shape index (κ2) is 5.42. The Balaban J connectivity index is 4.59. The van der Waals surface area contributed by atoms with E-state index in [-0.39, 0.29) is 5.91 Å². The molecule has 0 saturated carbocycles. The van der Waals surface area contributed by atoms with Crippen molar-refractivity contribution in [3.8, 4) is 0 Å². The van der Waals surface area contributed by atoms with E-state index in [1.54, 1.807) is 20.8 Å². The number of carboxylic acid groups (broad SMARTS) is 1. The molecule has 4 heteroatoms. The van der Waals surface area contributed by atoms with Gasteiger partial charge in [-0.25, -0.2) is 4.79 Å². The summed E-state index contributed by atoms with van der Waals surface area (Å²) in [5, 5.41) is 8.81. The number of carboxylic acids is 1. The molecule has 0 aromatic heterocycles. The first-order chi connectivity index (χ1) is 6.40. The standard InChI is InChI=1S/C10H17NO3/c1-5-8(10(13)14)11(4)9(12)6-7(2)3/h6,8H,5H2,1-4H3,(H,13,14). The third-order valence-corrected chi connectivity index (χ3v) is 1.90. The van der Waals surface area contributed by atoms with E-state index in [1.807, 2.05) is 0 Å². The molecule has 0 saturated heterocycles. The Hall–Kier alpha value is -1.32. The topological polar surface area (TPSA) is 57.6 Å². The van der Waals surface area contributed by atoms with Gasteiger partial charge in [0.25, 0.3) is 0 Å². The van der Waals surface area contributed by atoms with Crippen LogP contribution in [0.1, 0.15) is 27.2 Å². The van der Waals surface area contributed by atoms with Crippen LogP contribution in [0.25, 0.3) is 0 Å². The van der Waals surface area contributed by atoms with Crippen molar-refractivity contribution in [2.75, 3.05) is 7.05 Å². The molecule has 1 atom stereocenters. The Morgan fingerprint density at radius 2 is 1.93 bits per heavy atom. The fourth-order valence-corrected chi connectivity index (χ4v) is 1.12. The monoisotopic (exact) mass is 199 g/mol. The maximum Gasteiger partial charge on any atom is 0.326 e. The van der Waals surface area contributed by atoms with Gasteiger partial charge in [-0.15, -0.1) is 0 Å². The van der Waals surface area contributed by atoms with Gasteiger partial charge in [-0.1, -0.05) is 12.5 Å². The first-order valence-electron chi connectivity index (χ1n) is 4.54. The SMILES string of the molecule is CCC(C(=O)O)N(C)C(=O)C=C(C)C. The first kappa shape index (κ1) is 12.7. The van der Waals surface area contributed by atoms with Crippen molar-refractivity contribution >= 4 is 11.9 Å². The van der Waals surface area contributed by atoms with Gasteiger partial charge in [0.05, 0.1) is 0 Å². The summed E-state index contributed by atoms with van der Waals surface area (Å²) < 4.78 is 0. The highest BCUT2D eigenvalue weighted by Crippen LogP contribution is 2.04. The highest BCUT2D eigenvalue weighted by atomic mass is 16.4. The number of hydrogen-bond donors (Lipinski definition) is 1. The van der Waals surface area contributed by atoms with Gasteiger partial charge in [0, 0.05) is 13.1 Å². The van der Waals surface area contributed by atoms with E-state index in [4.69, 9.17) is 5.11 Å². The van der Waals surface area contributed by atoms with Crippen molar-refractivity contribution in [1.29, 1.82) is 0 Å². The van der Waals surface area contributed by atoms with Crippen molar-refractivity contribution in [3.63, 3.8) is 0 Å². The van der Waals surface area contributed by atoms with Crippen LogP contribution in [0, 0.1) is 0 Å². The van der Waals surface area contributed by atoms with Gasteiger partial charge in [-0.2, -0.15) is 0 Å². The van der Waals surface area contributed by atoms with Crippen LogP contribution in [0.5, 0.6) is 0 Å². The number of amides is 1. The van der Waals surface area contributed by atoms with Crippen molar-refractivity contribution in [2.24, 2.45) is 0 Å². The third-order valence-electron chi connectivity index (χ3n) is 1.90.